The quantitative estimate of drug-likeness (QED) is 0.783. The van der Waals surface area contributed by atoms with Crippen molar-refractivity contribution >= 4 is 11.9 Å². The van der Waals surface area contributed by atoms with Crippen molar-refractivity contribution in [1.82, 2.24) is 4.90 Å². The Hall–Kier alpha value is -1.10. The summed E-state index contributed by atoms with van der Waals surface area (Å²) < 4.78 is 0. The van der Waals surface area contributed by atoms with Gasteiger partial charge in [0.1, 0.15) is 0 Å². The predicted molar refractivity (Wildman–Crippen MR) is 66.9 cm³/mol. The lowest BCUT2D eigenvalue weighted by atomic mass is 9.75. The Morgan fingerprint density at radius 2 is 1.78 bits per heavy atom. The van der Waals surface area contributed by atoms with Crippen molar-refractivity contribution in [2.75, 3.05) is 13.1 Å². The number of nitrogens with two attached hydrogens (primary N) is 1. The van der Waals surface area contributed by atoms with Crippen molar-refractivity contribution in [2.45, 2.75) is 51.0 Å². The minimum atomic E-state index is -0.717. The summed E-state index contributed by atoms with van der Waals surface area (Å²) in [6.45, 7) is 3.06. The van der Waals surface area contributed by atoms with E-state index in [1.165, 1.54) is 0 Å². The molecule has 0 aromatic rings. The highest BCUT2D eigenvalue weighted by Gasteiger charge is 2.50. The molecule has 0 unspecified atom stereocenters. The number of aliphatic carboxylic acids is 1. The lowest BCUT2D eigenvalue weighted by Crippen LogP contribution is -2.52. The second kappa shape index (κ2) is 4.53. The highest BCUT2D eigenvalue weighted by Crippen LogP contribution is 2.39. The molecule has 1 heterocycles. The van der Waals surface area contributed by atoms with Crippen molar-refractivity contribution in [3.8, 4) is 0 Å². The van der Waals surface area contributed by atoms with Gasteiger partial charge in [-0.25, -0.2) is 0 Å². The van der Waals surface area contributed by atoms with E-state index in [0.717, 1.165) is 19.3 Å². The van der Waals surface area contributed by atoms with Crippen molar-refractivity contribution in [3.05, 3.63) is 0 Å². The number of likely N-dealkylation sites (tertiary alicyclic amines) is 1. The largest absolute Gasteiger partial charge is 0.481 e. The number of carboxylic acids is 1. The molecule has 0 bridgehead atoms. The van der Waals surface area contributed by atoms with Crippen molar-refractivity contribution in [2.24, 2.45) is 11.1 Å². The van der Waals surface area contributed by atoms with Gasteiger partial charge in [0.15, 0.2) is 0 Å². The molecule has 1 saturated carbocycles. The van der Waals surface area contributed by atoms with Crippen LogP contribution in [-0.4, -0.2) is 40.5 Å². The number of carbonyl (C=O) groups is 2. The van der Waals surface area contributed by atoms with Crippen molar-refractivity contribution in [3.63, 3.8) is 0 Å². The lowest BCUT2D eigenvalue weighted by Gasteiger charge is -2.39. The molecule has 1 aliphatic carbocycles. The molecule has 1 aliphatic heterocycles. The highest BCUT2D eigenvalue weighted by molar-refractivity contribution is 5.89. The van der Waals surface area contributed by atoms with E-state index in [-0.39, 0.29) is 5.91 Å². The van der Waals surface area contributed by atoms with Gasteiger partial charge < -0.3 is 15.7 Å². The fraction of sp³-hybridized carbons (Fsp3) is 0.846. The van der Waals surface area contributed by atoms with E-state index in [1.54, 1.807) is 4.90 Å². The van der Waals surface area contributed by atoms with E-state index in [0.29, 0.717) is 32.4 Å². The summed E-state index contributed by atoms with van der Waals surface area (Å²) in [4.78, 5) is 25.3. The normalized spacial score (nSPS) is 24.7. The molecule has 0 radical (unpaired) electrons. The van der Waals surface area contributed by atoms with Crippen molar-refractivity contribution < 1.29 is 14.7 Å². The smallest absolute Gasteiger partial charge is 0.309 e. The van der Waals surface area contributed by atoms with Crippen LogP contribution in [0.25, 0.3) is 0 Å². The van der Waals surface area contributed by atoms with E-state index in [2.05, 4.69) is 0 Å². The summed E-state index contributed by atoms with van der Waals surface area (Å²) in [6.07, 6.45) is 4.19. The maximum absolute atomic E-state index is 12.1. The maximum atomic E-state index is 12.1. The second-order valence-corrected chi connectivity index (χ2v) is 5.78. The first-order valence-corrected chi connectivity index (χ1v) is 6.75. The number of nitrogens with zero attached hydrogens (tertiary/aromatic N) is 1. The molecule has 5 heteroatoms. The van der Waals surface area contributed by atoms with E-state index in [4.69, 9.17) is 5.73 Å². The second-order valence-electron chi connectivity index (χ2n) is 5.78. The van der Waals surface area contributed by atoms with Crippen LogP contribution in [0.1, 0.15) is 45.4 Å². The molecule has 0 spiro atoms. The average Bonchev–Trinajstić information content (AvgIpc) is 3.09. The Balaban J connectivity index is 1.98. The first kappa shape index (κ1) is 13.3. The number of rotatable bonds is 4. The topological polar surface area (TPSA) is 83.6 Å². The molecule has 5 nitrogen and oxygen atoms in total. The zero-order valence-corrected chi connectivity index (χ0v) is 10.9. The average molecular weight is 254 g/mol. The molecule has 18 heavy (non-hydrogen) atoms. The van der Waals surface area contributed by atoms with Gasteiger partial charge in [-0.1, -0.05) is 13.3 Å². The Morgan fingerprint density at radius 3 is 2.17 bits per heavy atom. The summed E-state index contributed by atoms with van der Waals surface area (Å²) in [5, 5.41) is 9.39. The molecule has 0 atom stereocenters. The number of piperidine rings is 1. The third-order valence-electron chi connectivity index (χ3n) is 4.40. The summed E-state index contributed by atoms with van der Waals surface area (Å²) in [6, 6.07) is 0. The van der Waals surface area contributed by atoms with E-state index in [1.807, 2.05) is 6.92 Å². The third kappa shape index (κ3) is 2.23. The Morgan fingerprint density at radius 1 is 1.22 bits per heavy atom. The summed E-state index contributed by atoms with van der Waals surface area (Å²) in [7, 11) is 0. The SMILES string of the molecule is CCCC1(C(=O)O)CCN(C(=O)C2(N)CC2)CC1. The van der Waals surface area contributed by atoms with Crippen LogP contribution in [-0.2, 0) is 9.59 Å². The van der Waals surface area contributed by atoms with E-state index < -0.39 is 16.9 Å². The number of hydrogen-bond donors (Lipinski definition) is 2. The third-order valence-corrected chi connectivity index (χ3v) is 4.40. The van der Waals surface area contributed by atoms with Gasteiger partial charge in [-0.05, 0) is 32.1 Å². The van der Waals surface area contributed by atoms with Gasteiger partial charge in [0.05, 0.1) is 11.0 Å². The van der Waals surface area contributed by atoms with Gasteiger partial charge in [-0.15, -0.1) is 0 Å². The Kier molecular flexibility index (Phi) is 3.36. The van der Waals surface area contributed by atoms with Gasteiger partial charge in [0.2, 0.25) is 5.91 Å². The summed E-state index contributed by atoms with van der Waals surface area (Å²) in [5.41, 5.74) is 4.64. The molecular formula is C13H22N2O3. The van der Waals surface area contributed by atoms with Crippen LogP contribution in [0.2, 0.25) is 0 Å². The molecule has 2 aliphatic rings. The minimum Gasteiger partial charge on any atom is -0.481 e. The number of amides is 1. The zero-order chi connectivity index (χ0) is 13.4. The van der Waals surface area contributed by atoms with Crippen LogP contribution in [0.3, 0.4) is 0 Å². The minimum absolute atomic E-state index is 0.0120. The maximum Gasteiger partial charge on any atom is 0.309 e. The monoisotopic (exact) mass is 254 g/mol. The van der Waals surface area contributed by atoms with E-state index in [9.17, 15) is 14.7 Å². The van der Waals surface area contributed by atoms with Crippen molar-refractivity contribution in [1.29, 1.82) is 0 Å². The highest BCUT2D eigenvalue weighted by atomic mass is 16.4. The number of carboxylic acid groups (broad SMARTS) is 1. The fourth-order valence-corrected chi connectivity index (χ4v) is 2.85. The Labute approximate surface area is 107 Å². The van der Waals surface area contributed by atoms with E-state index >= 15 is 0 Å². The lowest BCUT2D eigenvalue weighted by molar-refractivity contribution is -0.155. The first-order valence-electron chi connectivity index (χ1n) is 6.75. The predicted octanol–water partition coefficient (Wildman–Crippen LogP) is 0.971. The van der Waals surface area contributed by atoms with Crippen LogP contribution in [0.4, 0.5) is 0 Å². The molecule has 2 rings (SSSR count). The zero-order valence-electron chi connectivity index (χ0n) is 10.9. The Bertz CT molecular complexity index is 355. The van der Waals surface area contributed by atoms with Crippen LogP contribution < -0.4 is 5.73 Å². The molecule has 1 amide bonds. The van der Waals surface area contributed by atoms with Crippen LogP contribution in [0.5, 0.6) is 0 Å². The fourth-order valence-electron chi connectivity index (χ4n) is 2.85. The van der Waals surface area contributed by atoms with Gasteiger partial charge in [-0.3, -0.25) is 9.59 Å². The molecule has 0 aromatic heterocycles. The van der Waals surface area contributed by atoms with Gasteiger partial charge >= 0.3 is 5.97 Å². The van der Waals surface area contributed by atoms with Gasteiger partial charge in [0, 0.05) is 13.1 Å². The van der Waals surface area contributed by atoms with Gasteiger partial charge in [0.25, 0.3) is 0 Å². The van der Waals surface area contributed by atoms with Crippen LogP contribution in [0, 0.1) is 5.41 Å². The molecule has 1 saturated heterocycles. The molecular weight excluding hydrogens is 232 g/mol. The number of hydrogen-bond acceptors (Lipinski definition) is 3. The first-order chi connectivity index (χ1) is 8.43. The summed E-state index contributed by atoms with van der Waals surface area (Å²) in [5.74, 6) is -0.705. The molecule has 102 valence electrons. The van der Waals surface area contributed by atoms with Gasteiger partial charge in [-0.2, -0.15) is 0 Å². The standard InChI is InChI=1S/C13H22N2O3/c1-2-3-12(11(17)18)6-8-15(9-7-12)10(16)13(14)4-5-13/h2-9,14H2,1H3,(H,17,18). The molecule has 0 aromatic carbocycles. The molecule has 2 fully saturated rings. The molecule has 3 N–H and O–H groups in total. The number of carbonyl (C=O) groups excluding carboxylic acids is 1. The van der Waals surface area contributed by atoms with Crippen LogP contribution >= 0.6 is 0 Å². The van der Waals surface area contributed by atoms with Crippen LogP contribution in [0.15, 0.2) is 0 Å². The summed E-state index contributed by atoms with van der Waals surface area (Å²) >= 11 is 0.